The lowest BCUT2D eigenvalue weighted by Crippen LogP contribution is -2.03. The number of hydrogen-bond donors (Lipinski definition) is 1. The van der Waals surface area contributed by atoms with E-state index in [1.165, 1.54) is 11.1 Å². The van der Waals surface area contributed by atoms with E-state index in [2.05, 4.69) is 24.6 Å². The van der Waals surface area contributed by atoms with Crippen LogP contribution in [0.4, 0.5) is 0 Å². The maximum atomic E-state index is 11.3. The molecular weight excluding hydrogens is 238 g/mol. The molecule has 1 heterocycles. The van der Waals surface area contributed by atoms with Gasteiger partial charge in [-0.2, -0.15) is 0 Å². The first-order valence-corrected chi connectivity index (χ1v) is 6.86. The van der Waals surface area contributed by atoms with Gasteiger partial charge < -0.3 is 9.67 Å². The second kappa shape index (κ2) is 5.08. The van der Waals surface area contributed by atoms with Crippen LogP contribution in [0.2, 0.25) is 0 Å². The Labute approximate surface area is 113 Å². The van der Waals surface area contributed by atoms with Gasteiger partial charge in [0.05, 0.1) is 11.1 Å². The van der Waals surface area contributed by atoms with Crippen molar-refractivity contribution in [2.45, 2.75) is 47.1 Å². The Hall–Kier alpha value is -1.77. The molecular formula is C16H21NO2. The van der Waals surface area contributed by atoms with E-state index in [0.717, 1.165) is 35.9 Å². The molecule has 0 spiro atoms. The summed E-state index contributed by atoms with van der Waals surface area (Å²) in [6.07, 6.45) is 4.18. The standard InChI is InChI=1S/C16H21NO2/c1-5-7-17-9-12(6-2)14-11(4)13(16(18)19)8-10(3)15(14)17/h8-9H,5-7H2,1-4H3,(H,18,19). The van der Waals surface area contributed by atoms with Crippen LogP contribution in [0.15, 0.2) is 12.3 Å². The van der Waals surface area contributed by atoms with Crippen LogP contribution in [0.3, 0.4) is 0 Å². The second-order valence-electron chi connectivity index (χ2n) is 5.10. The summed E-state index contributed by atoms with van der Waals surface area (Å²) in [4.78, 5) is 11.3. The first kappa shape index (κ1) is 13.7. The molecule has 0 bridgehead atoms. The number of aryl methyl sites for hydroxylation is 4. The molecule has 0 atom stereocenters. The summed E-state index contributed by atoms with van der Waals surface area (Å²) in [6, 6.07) is 1.80. The van der Waals surface area contributed by atoms with Gasteiger partial charge in [0.15, 0.2) is 0 Å². The highest BCUT2D eigenvalue weighted by molar-refractivity contribution is 5.99. The number of rotatable bonds is 4. The Kier molecular flexibility index (Phi) is 3.65. The zero-order valence-corrected chi connectivity index (χ0v) is 12.1. The Morgan fingerprint density at radius 3 is 2.53 bits per heavy atom. The van der Waals surface area contributed by atoms with E-state index in [0.29, 0.717) is 5.56 Å². The predicted molar refractivity (Wildman–Crippen MR) is 78.0 cm³/mol. The van der Waals surface area contributed by atoms with Crippen LogP contribution < -0.4 is 0 Å². The fourth-order valence-corrected chi connectivity index (χ4v) is 2.89. The van der Waals surface area contributed by atoms with Crippen molar-refractivity contribution in [1.82, 2.24) is 4.57 Å². The van der Waals surface area contributed by atoms with Crippen molar-refractivity contribution >= 4 is 16.9 Å². The van der Waals surface area contributed by atoms with Gasteiger partial charge in [-0.25, -0.2) is 4.79 Å². The van der Waals surface area contributed by atoms with Crippen LogP contribution in [-0.4, -0.2) is 15.6 Å². The molecule has 2 rings (SSSR count). The van der Waals surface area contributed by atoms with E-state index in [1.54, 1.807) is 6.07 Å². The highest BCUT2D eigenvalue weighted by atomic mass is 16.4. The number of carbonyl (C=O) groups is 1. The van der Waals surface area contributed by atoms with E-state index >= 15 is 0 Å². The van der Waals surface area contributed by atoms with Crippen LogP contribution in [0, 0.1) is 13.8 Å². The van der Waals surface area contributed by atoms with Crippen molar-refractivity contribution in [3.8, 4) is 0 Å². The van der Waals surface area contributed by atoms with Crippen LogP contribution in [-0.2, 0) is 13.0 Å². The molecule has 0 aliphatic carbocycles. The molecule has 3 heteroatoms. The van der Waals surface area contributed by atoms with Crippen molar-refractivity contribution in [2.24, 2.45) is 0 Å². The minimum absolute atomic E-state index is 0.425. The Bertz CT molecular complexity index is 638. The third-order valence-corrected chi connectivity index (χ3v) is 3.75. The molecule has 19 heavy (non-hydrogen) atoms. The fourth-order valence-electron chi connectivity index (χ4n) is 2.89. The highest BCUT2D eigenvalue weighted by Gasteiger charge is 2.17. The lowest BCUT2D eigenvalue weighted by Gasteiger charge is -2.10. The summed E-state index contributed by atoms with van der Waals surface area (Å²) in [5.74, 6) is -0.840. The van der Waals surface area contributed by atoms with Crippen molar-refractivity contribution in [2.75, 3.05) is 0 Å². The molecule has 102 valence electrons. The lowest BCUT2D eigenvalue weighted by molar-refractivity contribution is 0.0696. The van der Waals surface area contributed by atoms with E-state index in [1.807, 2.05) is 13.8 Å². The average molecular weight is 259 g/mol. The van der Waals surface area contributed by atoms with Gasteiger partial charge in [0.2, 0.25) is 0 Å². The normalized spacial score (nSPS) is 11.2. The number of carboxylic acids is 1. The van der Waals surface area contributed by atoms with Crippen LogP contribution in [0.25, 0.3) is 10.9 Å². The number of benzene rings is 1. The molecule has 0 saturated carbocycles. The second-order valence-corrected chi connectivity index (χ2v) is 5.10. The summed E-state index contributed by atoms with van der Waals surface area (Å²) in [7, 11) is 0. The summed E-state index contributed by atoms with van der Waals surface area (Å²) in [6.45, 7) is 9.17. The Morgan fingerprint density at radius 1 is 1.32 bits per heavy atom. The van der Waals surface area contributed by atoms with Gasteiger partial charge >= 0.3 is 5.97 Å². The molecule has 3 nitrogen and oxygen atoms in total. The van der Waals surface area contributed by atoms with Gasteiger partial charge in [-0.15, -0.1) is 0 Å². The van der Waals surface area contributed by atoms with Gasteiger partial charge in [0.1, 0.15) is 0 Å². The molecule has 1 aromatic carbocycles. The minimum atomic E-state index is -0.840. The molecule has 1 aromatic heterocycles. The van der Waals surface area contributed by atoms with Gasteiger partial charge in [-0.05, 0) is 49.4 Å². The molecule has 1 N–H and O–H groups in total. The zero-order chi connectivity index (χ0) is 14.2. The molecule has 0 fully saturated rings. The first-order chi connectivity index (χ1) is 9.01. The molecule has 0 radical (unpaired) electrons. The largest absolute Gasteiger partial charge is 0.478 e. The van der Waals surface area contributed by atoms with Crippen molar-refractivity contribution < 1.29 is 9.90 Å². The Morgan fingerprint density at radius 2 is 2.00 bits per heavy atom. The van der Waals surface area contributed by atoms with Crippen LogP contribution in [0.1, 0.15) is 47.3 Å². The summed E-state index contributed by atoms with van der Waals surface area (Å²) < 4.78 is 2.27. The number of nitrogens with zero attached hydrogens (tertiary/aromatic N) is 1. The van der Waals surface area contributed by atoms with Crippen molar-refractivity contribution in [3.63, 3.8) is 0 Å². The zero-order valence-electron chi connectivity index (χ0n) is 12.1. The monoisotopic (exact) mass is 259 g/mol. The Balaban J connectivity index is 2.86. The van der Waals surface area contributed by atoms with E-state index in [-0.39, 0.29) is 0 Å². The third-order valence-electron chi connectivity index (χ3n) is 3.75. The predicted octanol–water partition coefficient (Wildman–Crippen LogP) is 3.93. The molecule has 0 amide bonds. The smallest absolute Gasteiger partial charge is 0.335 e. The SMILES string of the molecule is CCCn1cc(CC)c2c(C)c(C(=O)O)cc(C)c21. The van der Waals surface area contributed by atoms with E-state index in [4.69, 9.17) is 0 Å². The topological polar surface area (TPSA) is 42.2 Å². The fraction of sp³-hybridized carbons (Fsp3) is 0.438. The number of aromatic nitrogens is 1. The number of hydrogen-bond acceptors (Lipinski definition) is 1. The lowest BCUT2D eigenvalue weighted by atomic mass is 9.97. The molecule has 0 aliphatic rings. The van der Waals surface area contributed by atoms with E-state index < -0.39 is 5.97 Å². The van der Waals surface area contributed by atoms with Crippen molar-refractivity contribution in [3.05, 3.63) is 34.5 Å². The van der Waals surface area contributed by atoms with Gasteiger partial charge in [0, 0.05) is 18.1 Å². The van der Waals surface area contributed by atoms with Crippen LogP contribution in [0.5, 0.6) is 0 Å². The van der Waals surface area contributed by atoms with Gasteiger partial charge in [0.25, 0.3) is 0 Å². The quantitative estimate of drug-likeness (QED) is 0.904. The number of fused-ring (bicyclic) bond motifs is 1. The minimum Gasteiger partial charge on any atom is -0.478 e. The highest BCUT2D eigenvalue weighted by Crippen LogP contribution is 2.31. The average Bonchev–Trinajstić information content (AvgIpc) is 2.73. The third kappa shape index (κ3) is 2.14. The van der Waals surface area contributed by atoms with E-state index in [9.17, 15) is 9.90 Å². The number of aromatic carboxylic acids is 1. The molecule has 0 aliphatic heterocycles. The molecule has 2 aromatic rings. The maximum Gasteiger partial charge on any atom is 0.335 e. The first-order valence-electron chi connectivity index (χ1n) is 6.86. The van der Waals surface area contributed by atoms with Crippen molar-refractivity contribution in [1.29, 1.82) is 0 Å². The summed E-state index contributed by atoms with van der Waals surface area (Å²) in [5, 5.41) is 10.4. The van der Waals surface area contributed by atoms with Gasteiger partial charge in [-0.3, -0.25) is 0 Å². The summed E-state index contributed by atoms with van der Waals surface area (Å²) >= 11 is 0. The number of carboxylic acid groups (broad SMARTS) is 1. The summed E-state index contributed by atoms with van der Waals surface area (Å²) in [5.41, 5.74) is 4.80. The van der Waals surface area contributed by atoms with Gasteiger partial charge in [-0.1, -0.05) is 13.8 Å². The molecule has 0 saturated heterocycles. The van der Waals surface area contributed by atoms with Crippen LogP contribution >= 0.6 is 0 Å². The molecule has 0 unspecified atom stereocenters. The maximum absolute atomic E-state index is 11.3.